The third kappa shape index (κ3) is 5.64. The van der Waals surface area contributed by atoms with Gasteiger partial charge in [0.25, 0.3) is 0 Å². The Balaban J connectivity index is 1.40. The van der Waals surface area contributed by atoms with Gasteiger partial charge in [0.15, 0.2) is 11.0 Å². The summed E-state index contributed by atoms with van der Waals surface area (Å²) < 4.78 is 18.6. The number of thioether (sulfide) groups is 1. The third-order valence-corrected chi connectivity index (χ3v) is 6.73. The molecule has 0 aliphatic heterocycles. The summed E-state index contributed by atoms with van der Waals surface area (Å²) in [5.74, 6) is 2.88. The highest BCUT2D eigenvalue weighted by molar-refractivity contribution is 7.99. The number of methoxy groups -OCH3 is 2. The molecule has 1 N–H and O–H groups in total. The van der Waals surface area contributed by atoms with E-state index in [1.54, 1.807) is 32.4 Å². The molecule has 3 aromatic rings. The molecule has 1 aliphatic carbocycles. The molecule has 180 valence electrons. The van der Waals surface area contributed by atoms with Crippen LogP contribution in [-0.2, 0) is 11.3 Å². The number of rotatable bonds is 10. The molecule has 1 fully saturated rings. The van der Waals surface area contributed by atoms with Crippen molar-refractivity contribution in [1.29, 1.82) is 0 Å². The molecule has 1 saturated carbocycles. The van der Waals surface area contributed by atoms with Gasteiger partial charge in [0, 0.05) is 18.2 Å². The van der Waals surface area contributed by atoms with Crippen LogP contribution in [0.1, 0.15) is 32.6 Å². The molecule has 0 unspecified atom stereocenters. The number of ether oxygens (including phenoxy) is 3. The largest absolute Gasteiger partial charge is 0.497 e. The molecule has 9 heteroatoms. The lowest BCUT2D eigenvalue weighted by molar-refractivity contribution is -0.113. The average molecular weight is 483 g/mol. The van der Waals surface area contributed by atoms with Gasteiger partial charge < -0.3 is 24.1 Å². The summed E-state index contributed by atoms with van der Waals surface area (Å²) in [7, 11) is 3.14. The first kappa shape index (κ1) is 23.9. The van der Waals surface area contributed by atoms with E-state index in [4.69, 9.17) is 14.2 Å². The predicted octanol–water partition coefficient (Wildman–Crippen LogP) is 5.03. The Morgan fingerprint density at radius 1 is 1.06 bits per heavy atom. The molecular formula is C25H30N4O4S. The molecule has 1 amide bonds. The molecule has 1 aromatic heterocycles. The van der Waals surface area contributed by atoms with Crippen LogP contribution in [0.25, 0.3) is 11.4 Å². The Labute approximate surface area is 204 Å². The molecule has 0 bridgehead atoms. The number of hydrogen-bond donors (Lipinski definition) is 1. The minimum atomic E-state index is -0.169. The molecule has 4 rings (SSSR count). The lowest BCUT2D eigenvalue weighted by Gasteiger charge is -2.13. The number of carbonyl (C=O) groups is 1. The summed E-state index contributed by atoms with van der Waals surface area (Å²) >= 11 is 1.34. The van der Waals surface area contributed by atoms with E-state index >= 15 is 0 Å². The Hall–Kier alpha value is -3.20. The van der Waals surface area contributed by atoms with E-state index in [1.165, 1.54) is 24.6 Å². The Morgan fingerprint density at radius 2 is 1.79 bits per heavy atom. The lowest BCUT2D eigenvalue weighted by atomic mass is 10.2. The fourth-order valence-corrected chi connectivity index (χ4v) is 4.81. The van der Waals surface area contributed by atoms with Crippen LogP contribution in [-0.4, -0.2) is 46.7 Å². The minimum absolute atomic E-state index is 0.169. The van der Waals surface area contributed by atoms with Crippen LogP contribution in [0.4, 0.5) is 5.69 Å². The van der Waals surface area contributed by atoms with Crippen molar-refractivity contribution in [2.75, 3.05) is 25.3 Å². The van der Waals surface area contributed by atoms with Crippen molar-refractivity contribution >= 4 is 23.4 Å². The molecule has 0 saturated heterocycles. The van der Waals surface area contributed by atoms with Gasteiger partial charge in [0.2, 0.25) is 5.91 Å². The van der Waals surface area contributed by atoms with Crippen LogP contribution in [0, 0.1) is 0 Å². The Kier molecular flexibility index (Phi) is 7.95. The van der Waals surface area contributed by atoms with Crippen LogP contribution in [0.3, 0.4) is 0 Å². The number of anilines is 1. The number of carbonyl (C=O) groups excluding carboxylic acids is 1. The molecule has 0 spiro atoms. The highest BCUT2D eigenvalue weighted by Gasteiger charge is 2.18. The molecule has 1 heterocycles. The fourth-order valence-electron chi connectivity index (χ4n) is 4.00. The van der Waals surface area contributed by atoms with Crippen LogP contribution < -0.4 is 19.5 Å². The molecule has 2 aromatic carbocycles. The monoisotopic (exact) mass is 482 g/mol. The van der Waals surface area contributed by atoms with Gasteiger partial charge in [-0.3, -0.25) is 4.79 Å². The molecule has 0 atom stereocenters. The first-order valence-electron chi connectivity index (χ1n) is 11.5. The van der Waals surface area contributed by atoms with Crippen molar-refractivity contribution in [3.63, 3.8) is 0 Å². The molecular weight excluding hydrogens is 452 g/mol. The SMILES string of the molecule is CCn1c(SCC(=O)Nc2cc(OC)ccc2OC)nnc1-c1ccc(OC2CCCC2)cc1. The van der Waals surface area contributed by atoms with E-state index in [9.17, 15) is 4.79 Å². The zero-order chi connectivity index (χ0) is 23.9. The van der Waals surface area contributed by atoms with E-state index < -0.39 is 0 Å². The molecule has 0 radical (unpaired) electrons. The van der Waals surface area contributed by atoms with Crippen LogP contribution in [0.15, 0.2) is 47.6 Å². The van der Waals surface area contributed by atoms with Gasteiger partial charge in [-0.25, -0.2) is 0 Å². The summed E-state index contributed by atoms with van der Waals surface area (Å²) in [5.41, 5.74) is 1.52. The second kappa shape index (κ2) is 11.3. The topological polar surface area (TPSA) is 87.5 Å². The summed E-state index contributed by atoms with van der Waals surface area (Å²) in [5, 5.41) is 12.3. The Morgan fingerprint density at radius 3 is 2.47 bits per heavy atom. The van der Waals surface area contributed by atoms with E-state index in [1.807, 2.05) is 35.8 Å². The maximum Gasteiger partial charge on any atom is 0.234 e. The van der Waals surface area contributed by atoms with Crippen molar-refractivity contribution in [2.45, 2.75) is 50.4 Å². The van der Waals surface area contributed by atoms with Gasteiger partial charge in [-0.05, 0) is 69.0 Å². The van der Waals surface area contributed by atoms with E-state index in [2.05, 4.69) is 15.5 Å². The van der Waals surface area contributed by atoms with Crippen molar-refractivity contribution < 1.29 is 19.0 Å². The maximum absolute atomic E-state index is 12.6. The standard InChI is InChI=1S/C25H30N4O4S/c1-4-29-24(17-9-11-19(12-10-17)33-18-7-5-6-8-18)27-28-25(29)34-16-23(30)26-21-15-20(31-2)13-14-22(21)32-3/h9-15,18H,4-8,16H2,1-3H3,(H,26,30). The molecule has 34 heavy (non-hydrogen) atoms. The highest BCUT2D eigenvalue weighted by Crippen LogP contribution is 2.30. The number of nitrogens with zero attached hydrogens (tertiary/aromatic N) is 3. The average Bonchev–Trinajstić information content (AvgIpc) is 3.52. The maximum atomic E-state index is 12.6. The normalized spacial score (nSPS) is 13.6. The van der Waals surface area contributed by atoms with Gasteiger partial charge in [0.1, 0.15) is 17.2 Å². The van der Waals surface area contributed by atoms with Crippen molar-refractivity contribution in [3.05, 3.63) is 42.5 Å². The van der Waals surface area contributed by atoms with Crippen molar-refractivity contribution in [2.24, 2.45) is 0 Å². The predicted molar refractivity (Wildman–Crippen MR) is 133 cm³/mol. The van der Waals surface area contributed by atoms with E-state index in [-0.39, 0.29) is 11.7 Å². The van der Waals surface area contributed by atoms with Gasteiger partial charge >= 0.3 is 0 Å². The van der Waals surface area contributed by atoms with E-state index in [0.29, 0.717) is 35.0 Å². The van der Waals surface area contributed by atoms with Gasteiger partial charge in [-0.2, -0.15) is 0 Å². The van der Waals surface area contributed by atoms with Gasteiger partial charge in [0.05, 0.1) is 31.8 Å². The second-order valence-electron chi connectivity index (χ2n) is 8.00. The van der Waals surface area contributed by atoms with Crippen LogP contribution in [0.5, 0.6) is 17.2 Å². The first-order valence-corrected chi connectivity index (χ1v) is 12.4. The number of benzene rings is 2. The molecule has 8 nitrogen and oxygen atoms in total. The van der Waals surface area contributed by atoms with Crippen LogP contribution in [0.2, 0.25) is 0 Å². The fraction of sp³-hybridized carbons (Fsp3) is 0.400. The number of nitrogens with one attached hydrogen (secondary N) is 1. The number of amides is 1. The zero-order valence-corrected chi connectivity index (χ0v) is 20.6. The number of hydrogen-bond acceptors (Lipinski definition) is 7. The van der Waals surface area contributed by atoms with Crippen molar-refractivity contribution in [1.82, 2.24) is 14.8 Å². The molecule has 1 aliphatic rings. The van der Waals surface area contributed by atoms with Crippen molar-refractivity contribution in [3.8, 4) is 28.6 Å². The lowest BCUT2D eigenvalue weighted by Crippen LogP contribution is -2.15. The number of aromatic nitrogens is 3. The first-order chi connectivity index (χ1) is 16.6. The minimum Gasteiger partial charge on any atom is -0.497 e. The summed E-state index contributed by atoms with van der Waals surface area (Å²) in [6, 6.07) is 13.3. The quantitative estimate of drug-likeness (QED) is 0.405. The summed E-state index contributed by atoms with van der Waals surface area (Å²) in [6.07, 6.45) is 5.08. The smallest absolute Gasteiger partial charge is 0.234 e. The van der Waals surface area contributed by atoms with Gasteiger partial charge in [-0.15, -0.1) is 10.2 Å². The summed E-state index contributed by atoms with van der Waals surface area (Å²) in [4.78, 5) is 12.6. The third-order valence-electron chi connectivity index (χ3n) is 5.76. The van der Waals surface area contributed by atoms with Gasteiger partial charge in [-0.1, -0.05) is 11.8 Å². The Bertz CT molecular complexity index is 1110. The summed E-state index contributed by atoms with van der Waals surface area (Å²) in [6.45, 7) is 2.73. The van der Waals surface area contributed by atoms with Crippen LogP contribution >= 0.6 is 11.8 Å². The zero-order valence-electron chi connectivity index (χ0n) is 19.7. The van der Waals surface area contributed by atoms with E-state index in [0.717, 1.165) is 30.0 Å². The highest BCUT2D eigenvalue weighted by atomic mass is 32.2. The second-order valence-corrected chi connectivity index (χ2v) is 8.94.